The number of phenols is 2. The van der Waals surface area contributed by atoms with Crippen molar-refractivity contribution in [3.05, 3.63) is 81.9 Å². The van der Waals surface area contributed by atoms with Gasteiger partial charge in [-0.25, -0.2) is 9.59 Å². The predicted octanol–water partition coefficient (Wildman–Crippen LogP) is 5.39. The number of aryl methyl sites for hydroxylation is 2. The Bertz CT molecular complexity index is 1190. The number of carbonyl (C=O) groups is 2. The summed E-state index contributed by atoms with van der Waals surface area (Å²) >= 11 is 0. The van der Waals surface area contributed by atoms with Gasteiger partial charge >= 0.3 is 11.9 Å². The normalized spacial score (nSPS) is 10.8. The summed E-state index contributed by atoms with van der Waals surface area (Å²) in [6, 6.07) is 13.9. The number of ether oxygens (including phenoxy) is 3. The van der Waals surface area contributed by atoms with Crippen molar-refractivity contribution in [2.24, 2.45) is 0 Å². The van der Waals surface area contributed by atoms with E-state index in [1.807, 2.05) is 30.3 Å². The summed E-state index contributed by atoms with van der Waals surface area (Å²) in [5, 5.41) is 21.0. The molecule has 0 radical (unpaired) electrons. The summed E-state index contributed by atoms with van der Waals surface area (Å²) < 4.78 is 16.4. The van der Waals surface area contributed by atoms with Crippen molar-refractivity contribution >= 4 is 11.9 Å². The zero-order chi connectivity index (χ0) is 25.0. The number of benzene rings is 3. The van der Waals surface area contributed by atoms with Crippen LogP contribution in [0.4, 0.5) is 0 Å². The molecule has 0 aliphatic heterocycles. The van der Waals surface area contributed by atoms with Gasteiger partial charge in [-0.3, -0.25) is 0 Å². The van der Waals surface area contributed by atoms with Crippen molar-refractivity contribution in [1.82, 2.24) is 0 Å². The fraction of sp³-hybridized carbons (Fsp3) is 0.259. The minimum atomic E-state index is -0.802. The van der Waals surface area contributed by atoms with Crippen molar-refractivity contribution in [3.8, 4) is 23.0 Å². The van der Waals surface area contributed by atoms with Crippen LogP contribution in [0.15, 0.2) is 48.5 Å². The minimum absolute atomic E-state index is 0.00305. The summed E-state index contributed by atoms with van der Waals surface area (Å²) in [7, 11) is 0. The van der Waals surface area contributed by atoms with Gasteiger partial charge in [-0.1, -0.05) is 30.3 Å². The third-order valence-corrected chi connectivity index (χ3v) is 5.19. The Hall–Kier alpha value is -4.00. The monoisotopic (exact) mass is 464 g/mol. The van der Waals surface area contributed by atoms with Crippen LogP contribution in [0.5, 0.6) is 23.0 Å². The van der Waals surface area contributed by atoms with Crippen molar-refractivity contribution < 1.29 is 34.0 Å². The molecule has 0 heterocycles. The largest absolute Gasteiger partial charge is 0.507 e. The first kappa shape index (κ1) is 24.6. The Morgan fingerprint density at radius 3 is 2.15 bits per heavy atom. The Morgan fingerprint density at radius 1 is 0.882 bits per heavy atom. The third kappa shape index (κ3) is 5.49. The fourth-order valence-electron chi connectivity index (χ4n) is 3.50. The highest BCUT2D eigenvalue weighted by Gasteiger charge is 2.24. The SMILES string of the molecule is Cc1cc(OC(=O)c2c(C)cc(OCc3ccccc3)c(C)c2O)cc(O)c1C(=O)OC(C)C. The molecule has 0 saturated heterocycles. The first-order valence-corrected chi connectivity index (χ1v) is 10.8. The van der Waals surface area contributed by atoms with Crippen LogP contribution in [0.2, 0.25) is 0 Å². The molecule has 0 bridgehead atoms. The number of rotatable bonds is 7. The van der Waals surface area contributed by atoms with Crippen LogP contribution in [0.3, 0.4) is 0 Å². The third-order valence-electron chi connectivity index (χ3n) is 5.19. The zero-order valence-electron chi connectivity index (χ0n) is 19.8. The lowest BCUT2D eigenvalue weighted by atomic mass is 10.0. The molecular weight excluding hydrogens is 436 g/mol. The van der Waals surface area contributed by atoms with Gasteiger partial charge < -0.3 is 24.4 Å². The number of hydrogen-bond acceptors (Lipinski definition) is 7. The molecule has 3 rings (SSSR count). The number of phenolic OH excluding ortho intramolecular Hbond substituents is 2. The summed E-state index contributed by atoms with van der Waals surface area (Å²) in [6.07, 6.45) is -0.349. The van der Waals surface area contributed by atoms with Crippen molar-refractivity contribution in [2.75, 3.05) is 0 Å². The van der Waals surface area contributed by atoms with E-state index in [0.717, 1.165) is 5.56 Å². The van der Waals surface area contributed by atoms with Gasteiger partial charge in [0.05, 0.1) is 6.10 Å². The van der Waals surface area contributed by atoms with Crippen molar-refractivity contribution in [1.29, 1.82) is 0 Å². The molecule has 0 fully saturated rings. The van der Waals surface area contributed by atoms with E-state index in [9.17, 15) is 19.8 Å². The second-order valence-electron chi connectivity index (χ2n) is 8.29. The van der Waals surface area contributed by atoms with Gasteiger partial charge in [0.1, 0.15) is 40.7 Å². The first-order chi connectivity index (χ1) is 16.1. The van der Waals surface area contributed by atoms with Crippen molar-refractivity contribution in [3.63, 3.8) is 0 Å². The van der Waals surface area contributed by atoms with Crippen LogP contribution in [-0.2, 0) is 11.3 Å². The summed E-state index contributed by atoms with van der Waals surface area (Å²) in [4.78, 5) is 25.1. The quantitative estimate of drug-likeness (QED) is 0.357. The Balaban J connectivity index is 1.82. The van der Waals surface area contributed by atoms with Gasteiger partial charge in [0, 0.05) is 11.6 Å². The van der Waals surface area contributed by atoms with Gasteiger partial charge in [-0.2, -0.15) is 0 Å². The standard InChI is InChI=1S/C27H28O7/c1-15(2)33-26(30)23-16(3)11-20(13-21(23)28)34-27(31)24-17(4)12-22(18(5)25(24)29)32-14-19-9-7-6-8-10-19/h6-13,15,28-29H,14H2,1-5H3. The topological polar surface area (TPSA) is 102 Å². The lowest BCUT2D eigenvalue weighted by Crippen LogP contribution is -2.14. The molecule has 0 amide bonds. The van der Waals surface area contributed by atoms with Crippen molar-refractivity contribution in [2.45, 2.75) is 47.3 Å². The molecule has 0 unspecified atom stereocenters. The van der Waals surface area contributed by atoms with Gasteiger partial charge in [0.2, 0.25) is 0 Å². The number of aromatic hydroxyl groups is 2. The van der Waals surface area contributed by atoms with Gasteiger partial charge in [0.25, 0.3) is 0 Å². The average molecular weight is 465 g/mol. The average Bonchev–Trinajstić information content (AvgIpc) is 2.75. The molecule has 3 aromatic carbocycles. The number of hydrogen-bond donors (Lipinski definition) is 2. The molecule has 0 aromatic heterocycles. The maximum atomic E-state index is 12.9. The molecule has 0 atom stereocenters. The molecule has 7 heteroatoms. The lowest BCUT2D eigenvalue weighted by molar-refractivity contribution is 0.0373. The number of carbonyl (C=O) groups excluding carboxylic acids is 2. The maximum absolute atomic E-state index is 12.9. The Kier molecular flexibility index (Phi) is 7.46. The van der Waals surface area contributed by atoms with Crippen LogP contribution >= 0.6 is 0 Å². The van der Waals surface area contributed by atoms with E-state index in [0.29, 0.717) is 29.0 Å². The van der Waals surface area contributed by atoms with Crippen LogP contribution in [0.25, 0.3) is 0 Å². The predicted molar refractivity (Wildman–Crippen MR) is 127 cm³/mol. The molecule has 178 valence electrons. The van der Waals surface area contributed by atoms with E-state index in [2.05, 4.69) is 0 Å². The minimum Gasteiger partial charge on any atom is -0.507 e. The van der Waals surface area contributed by atoms with Crippen LogP contribution in [0, 0.1) is 20.8 Å². The van der Waals surface area contributed by atoms with Crippen LogP contribution in [-0.4, -0.2) is 28.3 Å². The molecule has 34 heavy (non-hydrogen) atoms. The highest BCUT2D eigenvalue weighted by Crippen LogP contribution is 2.35. The van der Waals surface area contributed by atoms with E-state index in [1.54, 1.807) is 40.7 Å². The van der Waals surface area contributed by atoms with Gasteiger partial charge in [-0.05, 0) is 63.4 Å². The van der Waals surface area contributed by atoms with E-state index in [4.69, 9.17) is 14.2 Å². The summed E-state index contributed by atoms with van der Waals surface area (Å²) in [5.41, 5.74) is 2.22. The molecular formula is C27H28O7. The second-order valence-corrected chi connectivity index (χ2v) is 8.29. The van der Waals surface area contributed by atoms with Gasteiger partial charge in [-0.15, -0.1) is 0 Å². The fourth-order valence-corrected chi connectivity index (χ4v) is 3.50. The van der Waals surface area contributed by atoms with E-state index < -0.39 is 11.9 Å². The van der Waals surface area contributed by atoms with Crippen LogP contribution in [0.1, 0.15) is 56.8 Å². The van der Waals surface area contributed by atoms with E-state index >= 15 is 0 Å². The lowest BCUT2D eigenvalue weighted by Gasteiger charge is -2.16. The molecule has 0 spiro atoms. The Morgan fingerprint density at radius 2 is 1.53 bits per heavy atom. The zero-order valence-corrected chi connectivity index (χ0v) is 19.8. The second kappa shape index (κ2) is 10.3. The van der Waals surface area contributed by atoms with Gasteiger partial charge in [0.15, 0.2) is 0 Å². The first-order valence-electron chi connectivity index (χ1n) is 10.8. The van der Waals surface area contributed by atoms with E-state index in [1.165, 1.54) is 12.1 Å². The van der Waals surface area contributed by atoms with E-state index in [-0.39, 0.29) is 34.5 Å². The molecule has 7 nitrogen and oxygen atoms in total. The number of esters is 2. The molecule has 0 aliphatic rings. The van der Waals surface area contributed by atoms with Crippen LogP contribution < -0.4 is 9.47 Å². The molecule has 3 aromatic rings. The molecule has 2 N–H and O–H groups in total. The summed E-state index contributed by atoms with van der Waals surface area (Å²) in [5.74, 6) is -1.60. The molecule has 0 aliphatic carbocycles. The molecule has 0 saturated carbocycles. The Labute approximate surface area is 198 Å². The highest BCUT2D eigenvalue weighted by molar-refractivity contribution is 5.97. The highest BCUT2D eigenvalue weighted by atomic mass is 16.5. The maximum Gasteiger partial charge on any atom is 0.347 e. The smallest absolute Gasteiger partial charge is 0.347 e. The summed E-state index contributed by atoms with van der Waals surface area (Å²) in [6.45, 7) is 8.63.